The van der Waals surface area contributed by atoms with Crippen LogP contribution in [0.25, 0.3) is 6.08 Å². The van der Waals surface area contributed by atoms with Gasteiger partial charge in [-0.15, -0.1) is 5.06 Å². The van der Waals surface area contributed by atoms with Crippen LogP contribution in [0.3, 0.4) is 0 Å². The van der Waals surface area contributed by atoms with Gasteiger partial charge in [0.25, 0.3) is 0 Å². The Morgan fingerprint density at radius 1 is 0.939 bits per heavy atom. The van der Waals surface area contributed by atoms with E-state index in [-0.39, 0.29) is 38.9 Å². The molecule has 0 unspecified atom stereocenters. The van der Waals surface area contributed by atoms with Gasteiger partial charge in [0.2, 0.25) is 5.82 Å². The van der Waals surface area contributed by atoms with Crippen molar-refractivity contribution >= 4 is 41.2 Å². The summed E-state index contributed by atoms with van der Waals surface area (Å²) in [5.74, 6) is -14.1. The Hall–Kier alpha value is -3.75. The number of carboxylic acid groups (broad SMARTS) is 1. The first-order chi connectivity index (χ1) is 22.7. The number of carboxylic acids is 1. The zero-order chi connectivity index (χ0) is 36.8. The average Bonchev–Trinajstić information content (AvgIpc) is 2.98. The molecular formula is C34H36Cl2F5N3O5. The number of carbonyl (C=O) groups is 2. The van der Waals surface area contributed by atoms with Crippen molar-refractivity contribution in [3.05, 3.63) is 104 Å². The minimum Gasteiger partial charge on any atom is -0.508 e. The number of aliphatic carboxylic acids is 1. The molecule has 1 aliphatic heterocycles. The predicted molar refractivity (Wildman–Crippen MR) is 175 cm³/mol. The summed E-state index contributed by atoms with van der Waals surface area (Å²) in [6.07, 6.45) is 2.56. The number of aromatic hydroxyl groups is 1. The van der Waals surface area contributed by atoms with Crippen LogP contribution in [-0.4, -0.2) is 50.4 Å². The summed E-state index contributed by atoms with van der Waals surface area (Å²) < 4.78 is 68.1. The highest BCUT2D eigenvalue weighted by molar-refractivity contribution is 6.36. The molecule has 0 spiro atoms. The number of nitrogens with two attached hydrogens (primary N) is 1. The Kier molecular flexibility index (Phi) is 13.2. The largest absolute Gasteiger partial charge is 0.508 e. The van der Waals surface area contributed by atoms with Gasteiger partial charge in [0.05, 0.1) is 12.1 Å². The second-order valence-corrected chi connectivity index (χ2v) is 13.6. The molecule has 1 heterocycles. The number of rotatable bonds is 9. The van der Waals surface area contributed by atoms with Crippen molar-refractivity contribution in [2.45, 2.75) is 76.7 Å². The van der Waals surface area contributed by atoms with Crippen LogP contribution in [0.15, 0.2) is 48.5 Å². The van der Waals surface area contributed by atoms with E-state index >= 15 is 0 Å². The number of nitrogens with zero attached hydrogens (tertiary/aromatic N) is 1. The maximum absolute atomic E-state index is 13.9. The quantitative estimate of drug-likeness (QED) is 0.0594. The number of phenols is 1. The molecule has 0 amide bonds. The summed E-state index contributed by atoms with van der Waals surface area (Å²) in [5, 5.41) is 23.8. The van der Waals surface area contributed by atoms with Gasteiger partial charge >= 0.3 is 11.9 Å². The Balaban J connectivity index is 0.000000501. The monoisotopic (exact) mass is 731 g/mol. The summed E-state index contributed by atoms with van der Waals surface area (Å²) in [4.78, 5) is 29.8. The molecule has 4 rings (SSSR count). The van der Waals surface area contributed by atoms with Crippen LogP contribution in [0.5, 0.6) is 5.75 Å². The number of hydrogen-bond donors (Lipinski definition) is 4. The number of piperidine rings is 1. The van der Waals surface area contributed by atoms with Gasteiger partial charge in [-0.2, -0.15) is 0 Å². The van der Waals surface area contributed by atoms with Crippen LogP contribution in [0.1, 0.15) is 57.2 Å². The van der Waals surface area contributed by atoms with E-state index in [2.05, 4.69) is 33.0 Å². The molecule has 1 fully saturated rings. The molecule has 3 aromatic rings. The molecule has 266 valence electrons. The summed E-state index contributed by atoms with van der Waals surface area (Å²) in [5.41, 5.74) is 5.55. The highest BCUT2D eigenvalue weighted by Crippen LogP contribution is 2.29. The van der Waals surface area contributed by atoms with Crippen LogP contribution < -0.4 is 11.1 Å². The van der Waals surface area contributed by atoms with Crippen LogP contribution >= 0.6 is 23.2 Å². The van der Waals surface area contributed by atoms with Crippen molar-refractivity contribution < 1.29 is 46.6 Å². The zero-order valence-corrected chi connectivity index (χ0v) is 28.5. The topological polar surface area (TPSA) is 125 Å². The third kappa shape index (κ3) is 10.9. The number of halogens is 7. The van der Waals surface area contributed by atoms with Gasteiger partial charge in [-0.25, -0.2) is 26.7 Å². The first-order valence-electron chi connectivity index (χ1n) is 14.9. The Bertz CT molecular complexity index is 1640. The standard InChI is InChI=1S/C25H16Cl2F5NO5.C9H20N2/c26-16-2-1-3-17(27)15(16)11-33(18(25(36)37)10-12-4-6-13(34)7-5-12)38-19(35)9-8-14-20(28)22(30)24(32)23(31)21(14)29;1-8(2)5-7(10)6-9(3,4)11-8/h1-9,18,34H,10-11H2,(H,36,37);7,11H,5-6,10H2,1-4H3/t18-;/m0./s1. The molecule has 0 aromatic heterocycles. The molecule has 3 aromatic carbocycles. The van der Waals surface area contributed by atoms with Crippen molar-refractivity contribution in [2.24, 2.45) is 5.73 Å². The van der Waals surface area contributed by atoms with E-state index in [1.807, 2.05) is 0 Å². The summed E-state index contributed by atoms with van der Waals surface area (Å²) in [6.45, 7) is 8.40. The SMILES string of the molecule is CC1(C)CC(N)CC(C)(C)N1.O=C(C=Cc1c(F)c(F)c(F)c(F)c1F)ON(Cc1c(Cl)cccc1Cl)[C@@H](Cc1ccc(O)cc1)C(=O)O. The third-order valence-corrected chi connectivity index (χ3v) is 8.14. The van der Waals surface area contributed by atoms with Crippen molar-refractivity contribution in [2.75, 3.05) is 0 Å². The van der Waals surface area contributed by atoms with E-state index in [9.17, 15) is 41.8 Å². The van der Waals surface area contributed by atoms with E-state index in [1.54, 1.807) is 0 Å². The number of benzene rings is 3. The highest BCUT2D eigenvalue weighted by Gasteiger charge is 2.36. The van der Waals surface area contributed by atoms with Gasteiger partial charge in [0.15, 0.2) is 23.3 Å². The van der Waals surface area contributed by atoms with E-state index in [1.165, 1.54) is 42.5 Å². The fourth-order valence-corrected chi connectivity index (χ4v) is 6.20. The number of nitrogens with one attached hydrogen (secondary N) is 1. The highest BCUT2D eigenvalue weighted by atomic mass is 35.5. The lowest BCUT2D eigenvalue weighted by Crippen LogP contribution is -2.60. The number of phenolic OH excluding ortho intramolecular Hbond substituents is 1. The first kappa shape index (κ1) is 39.7. The van der Waals surface area contributed by atoms with E-state index in [0.29, 0.717) is 28.8 Å². The molecule has 1 atom stereocenters. The van der Waals surface area contributed by atoms with E-state index in [0.717, 1.165) is 12.8 Å². The third-order valence-electron chi connectivity index (χ3n) is 7.43. The maximum Gasteiger partial charge on any atom is 0.349 e. The molecule has 1 saturated heterocycles. The molecule has 1 aliphatic rings. The minimum absolute atomic E-state index is 0.0787. The second kappa shape index (κ2) is 16.3. The smallest absolute Gasteiger partial charge is 0.349 e. The second-order valence-electron chi connectivity index (χ2n) is 12.8. The average molecular weight is 733 g/mol. The van der Waals surface area contributed by atoms with Crippen molar-refractivity contribution in [1.29, 1.82) is 0 Å². The van der Waals surface area contributed by atoms with Crippen molar-refractivity contribution in [3.8, 4) is 5.75 Å². The fourth-order valence-electron chi connectivity index (χ4n) is 5.68. The van der Waals surface area contributed by atoms with Crippen molar-refractivity contribution in [3.63, 3.8) is 0 Å². The summed E-state index contributed by atoms with van der Waals surface area (Å²) >= 11 is 12.3. The van der Waals surface area contributed by atoms with Gasteiger partial charge < -0.3 is 26.1 Å². The molecule has 0 saturated carbocycles. The molecule has 0 bridgehead atoms. The van der Waals surface area contributed by atoms with E-state index in [4.69, 9.17) is 33.8 Å². The fraction of sp³-hybridized carbons (Fsp3) is 0.353. The van der Waals surface area contributed by atoms with Crippen LogP contribution in [0, 0.1) is 29.1 Å². The van der Waals surface area contributed by atoms with Crippen LogP contribution in [-0.2, 0) is 27.4 Å². The van der Waals surface area contributed by atoms with Gasteiger partial charge in [-0.1, -0.05) is 41.4 Å². The molecule has 49 heavy (non-hydrogen) atoms. The molecule has 5 N–H and O–H groups in total. The molecule has 15 heteroatoms. The molecule has 8 nitrogen and oxygen atoms in total. The predicted octanol–water partition coefficient (Wildman–Crippen LogP) is 7.32. The number of hydroxylamine groups is 2. The molecule has 0 radical (unpaired) electrons. The Morgan fingerprint density at radius 2 is 1.43 bits per heavy atom. The zero-order valence-electron chi connectivity index (χ0n) is 27.0. The maximum atomic E-state index is 13.9. The van der Waals surface area contributed by atoms with Gasteiger partial charge in [0.1, 0.15) is 11.8 Å². The van der Waals surface area contributed by atoms with Gasteiger partial charge in [-0.3, -0.25) is 4.79 Å². The minimum atomic E-state index is -2.37. The number of carbonyl (C=O) groups excluding carboxylic acids is 1. The summed E-state index contributed by atoms with van der Waals surface area (Å²) in [7, 11) is 0. The van der Waals surface area contributed by atoms with E-state index < -0.39 is 59.2 Å². The lowest BCUT2D eigenvalue weighted by molar-refractivity contribution is -0.205. The van der Waals surface area contributed by atoms with Crippen LogP contribution in [0.4, 0.5) is 22.0 Å². The molecular weight excluding hydrogens is 696 g/mol. The van der Waals surface area contributed by atoms with Gasteiger partial charge in [-0.05, 0) is 76.4 Å². The van der Waals surface area contributed by atoms with Crippen molar-refractivity contribution in [1.82, 2.24) is 10.4 Å². The lowest BCUT2D eigenvalue weighted by atomic mass is 9.80. The summed E-state index contributed by atoms with van der Waals surface area (Å²) in [6, 6.07) is 8.67. The first-order valence-corrected chi connectivity index (χ1v) is 15.6. The number of hydrogen-bond acceptors (Lipinski definition) is 7. The lowest BCUT2D eigenvalue weighted by Gasteiger charge is -2.45. The Labute approximate surface area is 290 Å². The molecule has 0 aliphatic carbocycles. The normalized spacial score (nSPS) is 16.3. The van der Waals surface area contributed by atoms with Crippen LogP contribution in [0.2, 0.25) is 10.0 Å². The Morgan fingerprint density at radius 3 is 1.90 bits per heavy atom. The van der Waals surface area contributed by atoms with Gasteiger partial charge in [0, 0.05) is 45.2 Å².